The topological polar surface area (TPSA) is 55.1 Å². The lowest BCUT2D eigenvalue weighted by molar-refractivity contribution is 0.100. The number of nitrogens with two attached hydrogens (primary N) is 1. The highest BCUT2D eigenvalue weighted by Crippen LogP contribution is 2.26. The van der Waals surface area contributed by atoms with Crippen LogP contribution in [0.4, 0.5) is 5.69 Å². The number of hydrogen-bond donors (Lipinski definition) is 2. The standard InChI is InChI=1S/C15H22N2O/c16-15(18)13-6-8-14(9-7-13)17-11-10-12-4-2-1-3-5-12/h6-9,12,17H,1-5,10-11H2,(H2,16,18). The van der Waals surface area contributed by atoms with Crippen molar-refractivity contribution in [3.8, 4) is 0 Å². The normalized spacial score (nSPS) is 16.4. The summed E-state index contributed by atoms with van der Waals surface area (Å²) in [5, 5.41) is 3.41. The molecule has 0 radical (unpaired) electrons. The van der Waals surface area contributed by atoms with Crippen LogP contribution in [0, 0.1) is 5.92 Å². The van der Waals surface area contributed by atoms with E-state index >= 15 is 0 Å². The Kier molecular flexibility index (Phi) is 4.62. The summed E-state index contributed by atoms with van der Waals surface area (Å²) in [5.41, 5.74) is 6.83. The summed E-state index contributed by atoms with van der Waals surface area (Å²) in [6.45, 7) is 1.01. The summed E-state index contributed by atoms with van der Waals surface area (Å²) < 4.78 is 0. The molecule has 1 aromatic carbocycles. The molecule has 3 nitrogen and oxygen atoms in total. The average Bonchev–Trinajstić information content (AvgIpc) is 2.40. The number of anilines is 1. The van der Waals surface area contributed by atoms with Crippen molar-refractivity contribution in [3.05, 3.63) is 29.8 Å². The molecule has 1 fully saturated rings. The Morgan fingerprint density at radius 2 is 1.83 bits per heavy atom. The molecule has 0 spiro atoms. The zero-order chi connectivity index (χ0) is 12.8. The van der Waals surface area contributed by atoms with Gasteiger partial charge in [0.25, 0.3) is 0 Å². The lowest BCUT2D eigenvalue weighted by Crippen LogP contribution is -2.13. The molecule has 3 N–H and O–H groups in total. The Morgan fingerprint density at radius 1 is 1.17 bits per heavy atom. The quantitative estimate of drug-likeness (QED) is 0.838. The van der Waals surface area contributed by atoms with Crippen molar-refractivity contribution in [3.63, 3.8) is 0 Å². The molecular formula is C15H22N2O. The van der Waals surface area contributed by atoms with Gasteiger partial charge in [-0.1, -0.05) is 32.1 Å². The minimum atomic E-state index is -0.372. The van der Waals surface area contributed by atoms with Crippen LogP contribution in [0.5, 0.6) is 0 Å². The van der Waals surface area contributed by atoms with E-state index in [-0.39, 0.29) is 5.91 Å². The molecule has 0 saturated heterocycles. The number of benzene rings is 1. The molecule has 0 unspecified atom stereocenters. The molecule has 0 aliphatic heterocycles. The van der Waals surface area contributed by atoms with Gasteiger partial charge >= 0.3 is 0 Å². The summed E-state index contributed by atoms with van der Waals surface area (Å²) in [5.74, 6) is 0.528. The third-order valence-electron chi connectivity index (χ3n) is 3.78. The van der Waals surface area contributed by atoms with E-state index in [1.807, 2.05) is 12.1 Å². The minimum absolute atomic E-state index is 0.372. The summed E-state index contributed by atoms with van der Waals surface area (Å²) in [6, 6.07) is 7.37. The van der Waals surface area contributed by atoms with Crippen LogP contribution >= 0.6 is 0 Å². The summed E-state index contributed by atoms with van der Waals surface area (Å²) in [4.78, 5) is 10.9. The molecule has 2 rings (SSSR count). The Balaban J connectivity index is 1.74. The predicted octanol–water partition coefficient (Wildman–Crippen LogP) is 3.17. The maximum Gasteiger partial charge on any atom is 0.248 e. The van der Waals surface area contributed by atoms with E-state index in [0.29, 0.717) is 5.56 Å². The molecule has 3 heteroatoms. The predicted molar refractivity (Wildman–Crippen MR) is 74.6 cm³/mol. The van der Waals surface area contributed by atoms with Gasteiger partial charge in [0.1, 0.15) is 0 Å². The van der Waals surface area contributed by atoms with Gasteiger partial charge in [-0.05, 0) is 36.6 Å². The highest BCUT2D eigenvalue weighted by atomic mass is 16.1. The SMILES string of the molecule is NC(=O)c1ccc(NCCC2CCCCC2)cc1. The third kappa shape index (κ3) is 3.76. The van der Waals surface area contributed by atoms with Gasteiger partial charge in [0.15, 0.2) is 0 Å². The lowest BCUT2D eigenvalue weighted by atomic mass is 9.87. The summed E-state index contributed by atoms with van der Waals surface area (Å²) >= 11 is 0. The van der Waals surface area contributed by atoms with E-state index in [2.05, 4.69) is 5.32 Å². The number of carbonyl (C=O) groups excluding carboxylic acids is 1. The van der Waals surface area contributed by atoms with E-state index in [9.17, 15) is 4.79 Å². The Bertz CT molecular complexity index is 380. The largest absolute Gasteiger partial charge is 0.385 e. The number of carbonyl (C=O) groups is 1. The number of hydrogen-bond acceptors (Lipinski definition) is 2. The van der Waals surface area contributed by atoms with Crippen molar-refractivity contribution < 1.29 is 4.79 Å². The molecule has 1 aromatic rings. The zero-order valence-corrected chi connectivity index (χ0v) is 10.8. The zero-order valence-electron chi connectivity index (χ0n) is 10.8. The maximum absolute atomic E-state index is 10.9. The van der Waals surface area contributed by atoms with Gasteiger partial charge in [0.05, 0.1) is 0 Å². The van der Waals surface area contributed by atoms with Gasteiger partial charge in [-0.25, -0.2) is 0 Å². The van der Waals surface area contributed by atoms with Gasteiger partial charge in [0, 0.05) is 17.8 Å². The highest BCUT2D eigenvalue weighted by molar-refractivity contribution is 5.93. The van der Waals surface area contributed by atoms with Crippen molar-refractivity contribution in [2.75, 3.05) is 11.9 Å². The molecule has 0 atom stereocenters. The molecule has 98 valence electrons. The maximum atomic E-state index is 10.9. The van der Waals surface area contributed by atoms with Gasteiger partial charge in [-0.15, -0.1) is 0 Å². The van der Waals surface area contributed by atoms with Crippen LogP contribution in [0.3, 0.4) is 0 Å². The second kappa shape index (κ2) is 6.43. The minimum Gasteiger partial charge on any atom is -0.385 e. The van der Waals surface area contributed by atoms with Gasteiger partial charge in [0.2, 0.25) is 5.91 Å². The number of nitrogens with one attached hydrogen (secondary N) is 1. The van der Waals surface area contributed by atoms with Gasteiger partial charge in [-0.3, -0.25) is 4.79 Å². The van der Waals surface area contributed by atoms with Crippen LogP contribution in [0.1, 0.15) is 48.9 Å². The van der Waals surface area contributed by atoms with Crippen molar-refractivity contribution in [1.82, 2.24) is 0 Å². The van der Waals surface area contributed by atoms with Crippen LogP contribution in [0.2, 0.25) is 0 Å². The second-order valence-electron chi connectivity index (χ2n) is 5.16. The van der Waals surface area contributed by atoms with Gasteiger partial charge in [-0.2, -0.15) is 0 Å². The molecule has 0 heterocycles. The molecular weight excluding hydrogens is 224 g/mol. The number of amides is 1. The van der Waals surface area contributed by atoms with Crippen molar-refractivity contribution in [1.29, 1.82) is 0 Å². The molecule has 1 saturated carbocycles. The monoisotopic (exact) mass is 246 g/mol. The average molecular weight is 246 g/mol. The Labute approximate surface area is 109 Å². The fourth-order valence-electron chi connectivity index (χ4n) is 2.65. The number of rotatable bonds is 5. The first-order valence-electron chi connectivity index (χ1n) is 6.89. The van der Waals surface area contributed by atoms with Gasteiger partial charge < -0.3 is 11.1 Å². The first kappa shape index (κ1) is 12.9. The number of primary amides is 1. The lowest BCUT2D eigenvalue weighted by Gasteiger charge is -2.21. The van der Waals surface area contributed by atoms with Crippen LogP contribution in [-0.4, -0.2) is 12.5 Å². The fraction of sp³-hybridized carbons (Fsp3) is 0.533. The van der Waals surface area contributed by atoms with E-state index in [0.717, 1.165) is 18.2 Å². The van der Waals surface area contributed by atoms with Crippen molar-refractivity contribution in [2.45, 2.75) is 38.5 Å². The molecule has 18 heavy (non-hydrogen) atoms. The van der Waals surface area contributed by atoms with Crippen LogP contribution < -0.4 is 11.1 Å². The smallest absolute Gasteiger partial charge is 0.248 e. The fourth-order valence-corrected chi connectivity index (χ4v) is 2.65. The molecule has 1 aliphatic rings. The molecule has 0 bridgehead atoms. The van der Waals surface area contributed by atoms with Crippen molar-refractivity contribution >= 4 is 11.6 Å². The van der Waals surface area contributed by atoms with Crippen molar-refractivity contribution in [2.24, 2.45) is 11.7 Å². The summed E-state index contributed by atoms with van der Waals surface area (Å²) in [6.07, 6.45) is 8.25. The van der Waals surface area contributed by atoms with Crippen LogP contribution in [0.15, 0.2) is 24.3 Å². The Morgan fingerprint density at radius 3 is 2.44 bits per heavy atom. The van der Waals surface area contributed by atoms with Crippen LogP contribution in [0.25, 0.3) is 0 Å². The van der Waals surface area contributed by atoms with E-state index < -0.39 is 0 Å². The first-order chi connectivity index (χ1) is 8.75. The van der Waals surface area contributed by atoms with E-state index in [1.54, 1.807) is 12.1 Å². The van der Waals surface area contributed by atoms with E-state index in [1.165, 1.54) is 38.5 Å². The molecule has 0 aromatic heterocycles. The first-order valence-corrected chi connectivity index (χ1v) is 6.89. The molecule has 1 amide bonds. The van der Waals surface area contributed by atoms with E-state index in [4.69, 9.17) is 5.73 Å². The molecule has 1 aliphatic carbocycles. The highest BCUT2D eigenvalue weighted by Gasteiger charge is 2.12. The summed E-state index contributed by atoms with van der Waals surface area (Å²) in [7, 11) is 0. The van der Waals surface area contributed by atoms with Crippen LogP contribution in [-0.2, 0) is 0 Å². The third-order valence-corrected chi connectivity index (χ3v) is 3.78. The Hall–Kier alpha value is -1.51. The second-order valence-corrected chi connectivity index (χ2v) is 5.16.